The number of hydrogen-bond donors (Lipinski definition) is 0. The molecule has 0 atom stereocenters. The van der Waals surface area contributed by atoms with Crippen LogP contribution in [0, 0.1) is 6.92 Å². The van der Waals surface area contributed by atoms with Gasteiger partial charge in [-0.05, 0) is 66.5 Å². The van der Waals surface area contributed by atoms with Gasteiger partial charge in [-0.25, -0.2) is 0 Å². The summed E-state index contributed by atoms with van der Waals surface area (Å²) in [6.45, 7) is 13.5. The van der Waals surface area contributed by atoms with Crippen LogP contribution in [0.2, 0.25) is 18.1 Å². The number of benzene rings is 2. The van der Waals surface area contributed by atoms with Crippen LogP contribution in [0.15, 0.2) is 47.4 Å². The molecular formula is C21H30O2SSi. The number of aryl methyl sites for hydroxylation is 1. The van der Waals surface area contributed by atoms with E-state index in [1.807, 2.05) is 23.9 Å². The van der Waals surface area contributed by atoms with E-state index in [1.165, 1.54) is 16.0 Å². The van der Waals surface area contributed by atoms with Crippen LogP contribution in [0.1, 0.15) is 31.9 Å². The zero-order valence-corrected chi connectivity index (χ0v) is 18.3. The lowest BCUT2D eigenvalue weighted by molar-refractivity contribution is 0.414. The molecule has 2 aromatic rings. The Morgan fingerprint density at radius 1 is 0.960 bits per heavy atom. The van der Waals surface area contributed by atoms with Crippen LogP contribution in [-0.4, -0.2) is 15.4 Å². The molecule has 0 aromatic heterocycles. The first-order chi connectivity index (χ1) is 11.6. The van der Waals surface area contributed by atoms with Gasteiger partial charge in [-0.2, -0.15) is 0 Å². The molecule has 0 fully saturated rings. The van der Waals surface area contributed by atoms with Crippen LogP contribution < -0.4 is 9.16 Å². The van der Waals surface area contributed by atoms with E-state index in [0.29, 0.717) is 0 Å². The van der Waals surface area contributed by atoms with E-state index < -0.39 is 8.32 Å². The van der Waals surface area contributed by atoms with Crippen molar-refractivity contribution in [2.75, 3.05) is 7.11 Å². The summed E-state index contributed by atoms with van der Waals surface area (Å²) in [5.74, 6) is 2.84. The van der Waals surface area contributed by atoms with Crippen molar-refractivity contribution in [2.24, 2.45) is 0 Å². The van der Waals surface area contributed by atoms with E-state index in [2.05, 4.69) is 71.1 Å². The third kappa shape index (κ3) is 5.55. The zero-order chi connectivity index (χ0) is 18.7. The molecule has 0 bridgehead atoms. The van der Waals surface area contributed by atoms with Crippen molar-refractivity contribution in [1.82, 2.24) is 0 Å². The van der Waals surface area contributed by atoms with Gasteiger partial charge in [0.1, 0.15) is 11.5 Å². The summed E-state index contributed by atoms with van der Waals surface area (Å²) in [6.07, 6.45) is 0. The summed E-state index contributed by atoms with van der Waals surface area (Å²) in [7, 11) is -0.117. The van der Waals surface area contributed by atoms with Crippen LogP contribution in [0.25, 0.3) is 0 Å². The normalized spacial score (nSPS) is 12.1. The van der Waals surface area contributed by atoms with Gasteiger partial charge in [0.25, 0.3) is 0 Å². The van der Waals surface area contributed by atoms with Gasteiger partial charge in [0, 0.05) is 10.6 Å². The molecule has 2 aromatic carbocycles. The molecule has 0 N–H and O–H groups in total. The lowest BCUT2D eigenvalue weighted by atomic mass is 10.2. The van der Waals surface area contributed by atoms with Crippen molar-refractivity contribution in [1.29, 1.82) is 0 Å². The molecule has 0 saturated heterocycles. The minimum absolute atomic E-state index is 0.202. The molecule has 2 nitrogen and oxygen atoms in total. The summed E-state index contributed by atoms with van der Waals surface area (Å²) >= 11 is 1.84. The predicted molar refractivity (Wildman–Crippen MR) is 112 cm³/mol. The SMILES string of the molecule is COc1ccc(CSc2cc(C)cc(O[Si](C)(C)C(C)(C)C)c2)cc1. The third-order valence-corrected chi connectivity index (χ3v) is 10.2. The van der Waals surface area contributed by atoms with Crippen molar-refractivity contribution in [3.63, 3.8) is 0 Å². The molecule has 0 amide bonds. The van der Waals surface area contributed by atoms with Crippen LogP contribution in [0.3, 0.4) is 0 Å². The fourth-order valence-corrected chi connectivity index (χ4v) is 4.20. The maximum atomic E-state index is 6.48. The Morgan fingerprint density at radius 3 is 2.16 bits per heavy atom. The molecule has 0 spiro atoms. The highest BCUT2D eigenvalue weighted by Crippen LogP contribution is 2.38. The topological polar surface area (TPSA) is 18.5 Å². The van der Waals surface area contributed by atoms with Gasteiger partial charge >= 0.3 is 0 Å². The van der Waals surface area contributed by atoms with Gasteiger partial charge in [0.05, 0.1) is 7.11 Å². The monoisotopic (exact) mass is 374 g/mol. The summed E-state index contributed by atoms with van der Waals surface area (Å²) < 4.78 is 11.7. The Bertz CT molecular complexity index is 703. The number of ether oxygens (including phenoxy) is 1. The first-order valence-electron chi connectivity index (χ1n) is 8.67. The Kier molecular flexibility index (Phi) is 6.28. The molecule has 0 aliphatic heterocycles. The molecule has 0 heterocycles. The van der Waals surface area contributed by atoms with Crippen LogP contribution >= 0.6 is 11.8 Å². The van der Waals surface area contributed by atoms with Crippen molar-refractivity contribution >= 4 is 20.1 Å². The largest absolute Gasteiger partial charge is 0.543 e. The summed E-state index contributed by atoms with van der Waals surface area (Å²) in [5.41, 5.74) is 2.53. The standard InChI is InChI=1S/C21H30O2SSi/c1-16-12-19(23-25(6,7)21(2,3)4)14-20(13-16)24-15-17-8-10-18(22-5)11-9-17/h8-14H,15H2,1-7H3. The smallest absolute Gasteiger partial charge is 0.250 e. The first-order valence-corrected chi connectivity index (χ1v) is 12.6. The maximum Gasteiger partial charge on any atom is 0.250 e. The van der Waals surface area contributed by atoms with Crippen LogP contribution in [0.4, 0.5) is 0 Å². The Morgan fingerprint density at radius 2 is 1.60 bits per heavy atom. The quantitative estimate of drug-likeness (QED) is 0.415. The highest BCUT2D eigenvalue weighted by Gasteiger charge is 2.39. The van der Waals surface area contributed by atoms with Crippen LogP contribution in [-0.2, 0) is 5.75 Å². The average molecular weight is 375 g/mol. The third-order valence-electron chi connectivity index (χ3n) is 4.77. The van der Waals surface area contributed by atoms with Crippen molar-refractivity contribution < 1.29 is 9.16 Å². The van der Waals surface area contributed by atoms with E-state index in [4.69, 9.17) is 9.16 Å². The van der Waals surface area contributed by atoms with Crippen molar-refractivity contribution in [3.05, 3.63) is 53.6 Å². The van der Waals surface area contributed by atoms with Crippen molar-refractivity contribution in [3.8, 4) is 11.5 Å². The number of hydrogen-bond acceptors (Lipinski definition) is 3. The second-order valence-electron chi connectivity index (χ2n) is 7.98. The zero-order valence-electron chi connectivity index (χ0n) is 16.5. The van der Waals surface area contributed by atoms with Gasteiger partial charge < -0.3 is 9.16 Å². The molecule has 4 heteroatoms. The van der Waals surface area contributed by atoms with Crippen molar-refractivity contribution in [2.45, 2.75) is 56.5 Å². The second-order valence-corrected chi connectivity index (χ2v) is 13.8. The minimum atomic E-state index is -1.81. The lowest BCUT2D eigenvalue weighted by Gasteiger charge is -2.36. The first kappa shape index (κ1) is 19.9. The summed E-state index contributed by atoms with van der Waals surface area (Å²) in [6, 6.07) is 14.8. The minimum Gasteiger partial charge on any atom is -0.543 e. The van der Waals surface area contributed by atoms with E-state index in [1.54, 1.807) is 7.11 Å². The summed E-state index contributed by atoms with van der Waals surface area (Å²) in [5, 5.41) is 0.202. The van der Waals surface area contributed by atoms with E-state index in [9.17, 15) is 0 Å². The lowest BCUT2D eigenvalue weighted by Crippen LogP contribution is -2.43. The van der Waals surface area contributed by atoms with E-state index >= 15 is 0 Å². The van der Waals surface area contributed by atoms with Gasteiger partial charge in [-0.3, -0.25) is 0 Å². The van der Waals surface area contributed by atoms with Gasteiger partial charge in [0.15, 0.2) is 0 Å². The van der Waals surface area contributed by atoms with Gasteiger partial charge in [-0.1, -0.05) is 32.9 Å². The maximum absolute atomic E-state index is 6.48. The number of rotatable bonds is 6. The van der Waals surface area contributed by atoms with E-state index in [-0.39, 0.29) is 5.04 Å². The molecule has 136 valence electrons. The number of thioether (sulfide) groups is 1. The molecular weight excluding hydrogens is 344 g/mol. The molecule has 25 heavy (non-hydrogen) atoms. The van der Waals surface area contributed by atoms with Crippen LogP contribution in [0.5, 0.6) is 11.5 Å². The fourth-order valence-electron chi connectivity index (χ4n) is 2.19. The molecule has 0 saturated carbocycles. The van der Waals surface area contributed by atoms with E-state index in [0.717, 1.165) is 17.3 Å². The number of methoxy groups -OCH3 is 1. The highest BCUT2D eigenvalue weighted by molar-refractivity contribution is 7.98. The Balaban J connectivity index is 2.10. The second kappa shape index (κ2) is 7.88. The highest BCUT2D eigenvalue weighted by atomic mass is 32.2. The fraction of sp³-hybridized carbons (Fsp3) is 0.429. The average Bonchev–Trinajstić information content (AvgIpc) is 2.51. The van der Waals surface area contributed by atoms with Gasteiger partial charge in [-0.15, -0.1) is 11.8 Å². The Hall–Kier alpha value is -1.39. The predicted octanol–water partition coefficient (Wildman–Crippen LogP) is 6.68. The molecule has 0 aliphatic rings. The molecule has 0 radical (unpaired) electrons. The molecule has 2 rings (SSSR count). The molecule has 0 unspecified atom stereocenters. The molecule has 0 aliphatic carbocycles. The Labute approximate surface area is 158 Å². The summed E-state index contributed by atoms with van der Waals surface area (Å²) in [4.78, 5) is 1.25. The van der Waals surface area contributed by atoms with Gasteiger partial charge in [0.2, 0.25) is 8.32 Å².